The second-order valence-electron chi connectivity index (χ2n) is 6.22. The van der Waals surface area contributed by atoms with Gasteiger partial charge < -0.3 is 10.6 Å². The monoisotopic (exact) mass is 337 g/mol. The van der Waals surface area contributed by atoms with Crippen LogP contribution >= 0.6 is 0 Å². The third kappa shape index (κ3) is 5.18. The zero-order valence-electron chi connectivity index (χ0n) is 15.3. The Morgan fingerprint density at radius 3 is 2.60 bits per heavy atom. The fraction of sp³-hybridized carbons (Fsp3) is 0.333. The molecule has 0 spiro atoms. The maximum atomic E-state index is 12.3. The van der Waals surface area contributed by atoms with Crippen LogP contribution in [-0.2, 0) is 12.8 Å². The van der Waals surface area contributed by atoms with Gasteiger partial charge in [-0.3, -0.25) is 9.78 Å². The summed E-state index contributed by atoms with van der Waals surface area (Å²) in [5.41, 5.74) is 4.30. The molecule has 1 atom stereocenters. The lowest BCUT2D eigenvalue weighted by molar-refractivity contribution is 0.0961. The summed E-state index contributed by atoms with van der Waals surface area (Å²) in [6.45, 7) is 8.30. The lowest BCUT2D eigenvalue weighted by Crippen LogP contribution is -2.24. The summed E-state index contributed by atoms with van der Waals surface area (Å²) < 4.78 is 0. The Hall–Kier alpha value is -2.62. The molecule has 2 aromatic rings. The first-order valence-electron chi connectivity index (χ1n) is 8.75. The number of hydrogen-bond acceptors (Lipinski definition) is 3. The van der Waals surface area contributed by atoms with Gasteiger partial charge >= 0.3 is 0 Å². The highest BCUT2D eigenvalue weighted by atomic mass is 16.1. The summed E-state index contributed by atoms with van der Waals surface area (Å²) in [5, 5.41) is 6.05. The van der Waals surface area contributed by atoms with Gasteiger partial charge in [0.25, 0.3) is 5.91 Å². The summed E-state index contributed by atoms with van der Waals surface area (Å²) in [4.78, 5) is 16.9. The van der Waals surface area contributed by atoms with Crippen molar-refractivity contribution >= 4 is 11.6 Å². The topological polar surface area (TPSA) is 54.0 Å². The van der Waals surface area contributed by atoms with Crippen LogP contribution in [0, 0.1) is 0 Å². The van der Waals surface area contributed by atoms with E-state index in [2.05, 4.69) is 48.2 Å². The van der Waals surface area contributed by atoms with Crippen LogP contribution < -0.4 is 10.6 Å². The molecule has 4 heteroatoms. The fourth-order valence-corrected chi connectivity index (χ4v) is 2.58. The Labute approximate surface area is 150 Å². The molecule has 0 radical (unpaired) electrons. The van der Waals surface area contributed by atoms with Crippen LogP contribution in [0.1, 0.15) is 47.4 Å². The maximum Gasteiger partial charge on any atom is 0.252 e. The van der Waals surface area contributed by atoms with Crippen LogP contribution in [0.15, 0.2) is 49.2 Å². The number of nitrogens with zero attached hydrogens (tertiary/aromatic N) is 1. The van der Waals surface area contributed by atoms with E-state index in [1.165, 1.54) is 5.56 Å². The molecule has 0 bridgehead atoms. The Morgan fingerprint density at radius 2 is 1.96 bits per heavy atom. The minimum Gasteiger partial charge on any atom is -0.383 e. The summed E-state index contributed by atoms with van der Waals surface area (Å²) in [6, 6.07) is 12.4. The van der Waals surface area contributed by atoms with Gasteiger partial charge in [0, 0.05) is 30.5 Å². The number of amides is 1. The first-order chi connectivity index (χ1) is 12.0. The summed E-state index contributed by atoms with van der Waals surface area (Å²) in [6.07, 6.45) is 4.37. The third-order valence-electron chi connectivity index (χ3n) is 4.32. The Kier molecular flexibility index (Phi) is 6.75. The second kappa shape index (κ2) is 9.02. The summed E-state index contributed by atoms with van der Waals surface area (Å²) in [5.74, 6) is -0.117. The SMILES string of the molecule is C=C(NC(C)CC)c1cnc(CCc2ccccc2)c(C(=O)NC)c1. The van der Waals surface area contributed by atoms with E-state index in [4.69, 9.17) is 0 Å². The molecule has 2 N–H and O–H groups in total. The highest BCUT2D eigenvalue weighted by Gasteiger charge is 2.14. The quantitative estimate of drug-likeness (QED) is 0.774. The number of carbonyl (C=O) groups is 1. The van der Waals surface area contributed by atoms with E-state index in [9.17, 15) is 4.79 Å². The number of benzene rings is 1. The van der Waals surface area contributed by atoms with E-state index in [1.54, 1.807) is 13.2 Å². The van der Waals surface area contributed by atoms with Crippen molar-refractivity contribution in [3.8, 4) is 0 Å². The van der Waals surface area contributed by atoms with Crippen molar-refractivity contribution in [3.63, 3.8) is 0 Å². The first-order valence-corrected chi connectivity index (χ1v) is 8.75. The molecule has 1 heterocycles. The lowest BCUT2D eigenvalue weighted by Gasteiger charge is -2.17. The standard InChI is InChI=1S/C21H27N3O/c1-5-15(2)24-16(3)18-13-19(21(25)22-4)20(23-14-18)12-11-17-9-7-6-8-10-17/h6-10,13-15,24H,3,5,11-12H2,1-2,4H3,(H,22,25). The molecule has 0 fully saturated rings. The van der Waals surface area contributed by atoms with Crippen LogP contribution in [0.4, 0.5) is 0 Å². The van der Waals surface area contributed by atoms with Gasteiger partial charge in [0.05, 0.1) is 11.3 Å². The number of aryl methyl sites for hydroxylation is 2. The molecule has 1 amide bonds. The van der Waals surface area contributed by atoms with Crippen molar-refractivity contribution in [1.82, 2.24) is 15.6 Å². The average molecular weight is 337 g/mol. The molecule has 0 saturated heterocycles. The molecule has 0 aliphatic rings. The molecule has 1 aromatic heterocycles. The molecule has 1 aromatic carbocycles. The van der Waals surface area contributed by atoms with Gasteiger partial charge in [-0.25, -0.2) is 0 Å². The van der Waals surface area contributed by atoms with Gasteiger partial charge in [-0.1, -0.05) is 43.8 Å². The Bertz CT molecular complexity index is 725. The number of pyridine rings is 1. The van der Waals surface area contributed by atoms with Crippen LogP contribution in [0.3, 0.4) is 0 Å². The van der Waals surface area contributed by atoms with Crippen LogP contribution in [-0.4, -0.2) is 24.0 Å². The van der Waals surface area contributed by atoms with E-state index >= 15 is 0 Å². The molecule has 0 aliphatic heterocycles. The second-order valence-corrected chi connectivity index (χ2v) is 6.22. The number of nitrogens with one attached hydrogen (secondary N) is 2. The van der Waals surface area contributed by atoms with E-state index in [-0.39, 0.29) is 5.91 Å². The highest BCUT2D eigenvalue weighted by molar-refractivity contribution is 5.95. The molecular weight excluding hydrogens is 310 g/mol. The molecule has 132 valence electrons. The number of rotatable bonds is 8. The molecular formula is C21H27N3O. The van der Waals surface area contributed by atoms with Gasteiger partial charge in [-0.15, -0.1) is 0 Å². The van der Waals surface area contributed by atoms with E-state index in [0.717, 1.165) is 36.2 Å². The van der Waals surface area contributed by atoms with Crippen LogP contribution in [0.2, 0.25) is 0 Å². The zero-order valence-corrected chi connectivity index (χ0v) is 15.3. The highest BCUT2D eigenvalue weighted by Crippen LogP contribution is 2.17. The van der Waals surface area contributed by atoms with Gasteiger partial charge in [0.2, 0.25) is 0 Å². The van der Waals surface area contributed by atoms with Crippen LogP contribution in [0.5, 0.6) is 0 Å². The molecule has 2 rings (SSSR count). The van der Waals surface area contributed by atoms with Crippen LogP contribution in [0.25, 0.3) is 5.70 Å². The minimum absolute atomic E-state index is 0.117. The molecule has 25 heavy (non-hydrogen) atoms. The maximum absolute atomic E-state index is 12.3. The summed E-state index contributed by atoms with van der Waals surface area (Å²) >= 11 is 0. The number of carbonyl (C=O) groups excluding carboxylic acids is 1. The van der Waals surface area contributed by atoms with Crippen molar-refractivity contribution in [2.75, 3.05) is 7.05 Å². The molecule has 4 nitrogen and oxygen atoms in total. The normalized spacial score (nSPS) is 11.6. The van der Waals surface area contributed by atoms with Crippen molar-refractivity contribution < 1.29 is 4.79 Å². The van der Waals surface area contributed by atoms with Crippen molar-refractivity contribution in [2.45, 2.75) is 39.2 Å². The predicted molar refractivity (Wildman–Crippen MR) is 103 cm³/mol. The first kappa shape index (κ1) is 18.7. The predicted octanol–water partition coefficient (Wildman–Crippen LogP) is 3.59. The fourth-order valence-electron chi connectivity index (χ4n) is 2.58. The van der Waals surface area contributed by atoms with Crippen molar-refractivity contribution in [2.24, 2.45) is 0 Å². The minimum atomic E-state index is -0.117. The third-order valence-corrected chi connectivity index (χ3v) is 4.32. The zero-order chi connectivity index (χ0) is 18.2. The number of hydrogen-bond donors (Lipinski definition) is 2. The van der Waals surface area contributed by atoms with Crippen molar-refractivity contribution in [3.05, 3.63) is 71.6 Å². The van der Waals surface area contributed by atoms with E-state index in [0.29, 0.717) is 11.6 Å². The molecule has 0 aliphatic carbocycles. The Morgan fingerprint density at radius 1 is 1.24 bits per heavy atom. The Balaban J connectivity index is 2.21. The summed E-state index contributed by atoms with van der Waals surface area (Å²) in [7, 11) is 1.64. The van der Waals surface area contributed by atoms with E-state index < -0.39 is 0 Å². The largest absolute Gasteiger partial charge is 0.383 e. The van der Waals surface area contributed by atoms with Gasteiger partial charge in [0.1, 0.15) is 0 Å². The van der Waals surface area contributed by atoms with Gasteiger partial charge in [-0.2, -0.15) is 0 Å². The average Bonchev–Trinajstić information content (AvgIpc) is 2.66. The van der Waals surface area contributed by atoms with E-state index in [1.807, 2.05) is 24.3 Å². The van der Waals surface area contributed by atoms with Crippen molar-refractivity contribution in [1.29, 1.82) is 0 Å². The lowest BCUT2D eigenvalue weighted by atomic mass is 10.0. The van der Waals surface area contributed by atoms with Gasteiger partial charge in [-0.05, 0) is 37.8 Å². The molecule has 1 unspecified atom stereocenters. The van der Waals surface area contributed by atoms with Gasteiger partial charge in [0.15, 0.2) is 0 Å². The molecule has 0 saturated carbocycles. The number of aromatic nitrogens is 1. The smallest absolute Gasteiger partial charge is 0.252 e.